The van der Waals surface area contributed by atoms with Gasteiger partial charge < -0.3 is 20.4 Å². The van der Waals surface area contributed by atoms with Gasteiger partial charge in [0, 0.05) is 12.2 Å². The molecule has 0 unspecified atom stereocenters. The maximum absolute atomic E-state index is 11.5. The van der Waals surface area contributed by atoms with Gasteiger partial charge in [-0.2, -0.15) is 0 Å². The van der Waals surface area contributed by atoms with E-state index in [0.717, 1.165) is 31.3 Å². The highest BCUT2D eigenvalue weighted by Crippen LogP contribution is 2.63. The van der Waals surface area contributed by atoms with Crippen LogP contribution in [-0.4, -0.2) is 46.2 Å². The standard InChI is InChI=1S/C20H32O5/c1-14-10-19(2)11-16(18(24)25)4-3-5-17(19)20(14,13-23)8-6-15(12-22)7-9-21/h4,7,14,17,21-23H,3,5-6,8-13H2,1-2H3,(H,24,25)/b15-7-/t14-,17+,19-,20-/m1/s1. The second-order valence-corrected chi connectivity index (χ2v) is 8.19. The molecule has 0 spiro atoms. The lowest BCUT2D eigenvalue weighted by molar-refractivity contribution is -0.133. The van der Waals surface area contributed by atoms with E-state index in [0.29, 0.717) is 18.4 Å². The fraction of sp³-hybridized carbons (Fsp3) is 0.750. The average molecular weight is 352 g/mol. The fourth-order valence-corrected chi connectivity index (χ4v) is 5.54. The van der Waals surface area contributed by atoms with Gasteiger partial charge in [-0.1, -0.05) is 26.0 Å². The molecule has 1 fully saturated rings. The number of hydrogen-bond donors (Lipinski definition) is 4. The van der Waals surface area contributed by atoms with Crippen molar-refractivity contribution < 1.29 is 25.2 Å². The number of hydrogen-bond acceptors (Lipinski definition) is 4. The molecule has 0 radical (unpaired) electrons. The highest BCUT2D eigenvalue weighted by molar-refractivity contribution is 5.86. The number of rotatable bonds is 7. The molecule has 0 aromatic heterocycles. The Morgan fingerprint density at radius 2 is 2.08 bits per heavy atom. The van der Waals surface area contributed by atoms with E-state index in [1.54, 1.807) is 6.08 Å². The first-order valence-corrected chi connectivity index (χ1v) is 9.26. The molecule has 2 aliphatic carbocycles. The van der Waals surface area contributed by atoms with E-state index in [1.807, 2.05) is 6.08 Å². The lowest BCUT2D eigenvalue weighted by atomic mass is 9.63. The number of aliphatic hydroxyl groups is 3. The van der Waals surface area contributed by atoms with Gasteiger partial charge >= 0.3 is 5.97 Å². The minimum absolute atomic E-state index is 0.0780. The summed E-state index contributed by atoms with van der Waals surface area (Å²) in [5.41, 5.74) is 0.916. The Bertz CT molecular complexity index is 552. The Balaban J connectivity index is 2.27. The van der Waals surface area contributed by atoms with E-state index < -0.39 is 5.97 Å². The summed E-state index contributed by atoms with van der Waals surface area (Å²) in [6, 6.07) is 0. The fourth-order valence-electron chi connectivity index (χ4n) is 5.54. The van der Waals surface area contributed by atoms with Gasteiger partial charge in [-0.15, -0.1) is 0 Å². The van der Waals surface area contributed by atoms with E-state index in [4.69, 9.17) is 5.11 Å². The summed E-state index contributed by atoms with van der Waals surface area (Å²) in [7, 11) is 0. The van der Waals surface area contributed by atoms with Gasteiger partial charge in [0.1, 0.15) is 0 Å². The molecule has 1 saturated carbocycles. The SMILES string of the molecule is C[C@@H]1C[C@]2(C)CC(C(=O)O)=CCC[C@@H]2[C@@]1(CO)CC/C(=C/CO)CO. The Morgan fingerprint density at radius 3 is 2.64 bits per heavy atom. The van der Waals surface area contributed by atoms with Gasteiger partial charge in [0.15, 0.2) is 0 Å². The van der Waals surface area contributed by atoms with E-state index in [-0.39, 0.29) is 42.5 Å². The summed E-state index contributed by atoms with van der Waals surface area (Å²) < 4.78 is 0. The lowest BCUT2D eigenvalue weighted by Gasteiger charge is -2.42. The second kappa shape index (κ2) is 8.02. The molecule has 4 atom stereocenters. The monoisotopic (exact) mass is 352 g/mol. The maximum Gasteiger partial charge on any atom is 0.331 e. The molecule has 0 amide bonds. The lowest BCUT2D eigenvalue weighted by Crippen LogP contribution is -2.39. The third kappa shape index (κ3) is 3.83. The number of allylic oxidation sites excluding steroid dienone is 1. The summed E-state index contributed by atoms with van der Waals surface area (Å²) in [5.74, 6) is -0.290. The normalized spacial score (nSPS) is 35.9. The first-order chi connectivity index (χ1) is 11.8. The highest BCUT2D eigenvalue weighted by atomic mass is 16.4. The molecule has 25 heavy (non-hydrogen) atoms. The van der Waals surface area contributed by atoms with Crippen LogP contribution in [0.2, 0.25) is 0 Å². The van der Waals surface area contributed by atoms with Crippen LogP contribution in [0.25, 0.3) is 0 Å². The van der Waals surface area contributed by atoms with Crippen molar-refractivity contribution in [2.45, 2.75) is 52.4 Å². The zero-order valence-electron chi connectivity index (χ0n) is 15.4. The largest absolute Gasteiger partial charge is 0.478 e. The predicted molar refractivity (Wildman–Crippen MR) is 96.0 cm³/mol. The summed E-state index contributed by atoms with van der Waals surface area (Å²) >= 11 is 0. The molecule has 0 bridgehead atoms. The Labute approximate surface area is 150 Å². The molecule has 2 rings (SSSR count). The quantitative estimate of drug-likeness (QED) is 0.528. The maximum atomic E-state index is 11.5. The second-order valence-electron chi connectivity index (χ2n) is 8.19. The van der Waals surface area contributed by atoms with Crippen molar-refractivity contribution in [1.82, 2.24) is 0 Å². The van der Waals surface area contributed by atoms with Crippen LogP contribution in [-0.2, 0) is 4.79 Å². The van der Waals surface area contributed by atoms with Crippen LogP contribution in [0.3, 0.4) is 0 Å². The van der Waals surface area contributed by atoms with Gasteiger partial charge in [-0.05, 0) is 66.8 Å². The first-order valence-electron chi connectivity index (χ1n) is 9.26. The number of carbonyl (C=O) groups is 1. The minimum Gasteiger partial charge on any atom is -0.478 e. The highest BCUT2D eigenvalue weighted by Gasteiger charge is 2.58. The Kier molecular flexibility index (Phi) is 6.46. The molecule has 0 aromatic carbocycles. The van der Waals surface area contributed by atoms with Gasteiger partial charge in [-0.3, -0.25) is 0 Å². The van der Waals surface area contributed by atoms with Crippen LogP contribution in [0.1, 0.15) is 52.4 Å². The topological polar surface area (TPSA) is 98.0 Å². The van der Waals surface area contributed by atoms with Gasteiger partial charge in [0.2, 0.25) is 0 Å². The zero-order chi connectivity index (χ0) is 18.7. The molecule has 0 aromatic rings. The van der Waals surface area contributed by atoms with Gasteiger partial charge in [0.05, 0.1) is 13.2 Å². The van der Waals surface area contributed by atoms with Crippen LogP contribution >= 0.6 is 0 Å². The van der Waals surface area contributed by atoms with Crippen LogP contribution in [0.5, 0.6) is 0 Å². The molecule has 142 valence electrons. The Hall–Kier alpha value is -1.17. The number of carboxylic acids is 1. The van der Waals surface area contributed by atoms with E-state index >= 15 is 0 Å². The zero-order valence-corrected chi connectivity index (χ0v) is 15.4. The van der Waals surface area contributed by atoms with E-state index in [2.05, 4.69) is 13.8 Å². The third-order valence-corrected chi connectivity index (χ3v) is 6.79. The molecule has 2 aliphatic rings. The van der Waals surface area contributed by atoms with E-state index in [9.17, 15) is 20.1 Å². The third-order valence-electron chi connectivity index (χ3n) is 6.79. The summed E-state index contributed by atoms with van der Waals surface area (Å²) in [6.07, 6.45) is 7.96. The van der Waals surface area contributed by atoms with Crippen molar-refractivity contribution in [2.75, 3.05) is 19.8 Å². The predicted octanol–water partition coefficient (Wildman–Crippen LogP) is 2.51. The molecule has 4 N–H and O–H groups in total. The van der Waals surface area contributed by atoms with Crippen LogP contribution in [0.4, 0.5) is 0 Å². The van der Waals surface area contributed by atoms with Crippen LogP contribution in [0.15, 0.2) is 23.3 Å². The van der Waals surface area contributed by atoms with Crippen LogP contribution < -0.4 is 0 Å². The molecule has 5 nitrogen and oxygen atoms in total. The smallest absolute Gasteiger partial charge is 0.331 e. The molecular formula is C20H32O5. The Morgan fingerprint density at radius 1 is 1.36 bits per heavy atom. The molecule has 0 heterocycles. The van der Waals surface area contributed by atoms with Crippen molar-refractivity contribution in [2.24, 2.45) is 22.7 Å². The van der Waals surface area contributed by atoms with Crippen molar-refractivity contribution in [3.8, 4) is 0 Å². The first kappa shape index (κ1) is 20.1. The number of fused-ring (bicyclic) bond motifs is 1. The summed E-state index contributed by atoms with van der Waals surface area (Å²) in [6.45, 7) is 4.24. The van der Waals surface area contributed by atoms with E-state index in [1.165, 1.54) is 0 Å². The van der Waals surface area contributed by atoms with Crippen molar-refractivity contribution in [3.63, 3.8) is 0 Å². The minimum atomic E-state index is -0.829. The molecular weight excluding hydrogens is 320 g/mol. The van der Waals surface area contributed by atoms with Crippen molar-refractivity contribution in [3.05, 3.63) is 23.3 Å². The van der Waals surface area contributed by atoms with Crippen molar-refractivity contribution >= 4 is 5.97 Å². The summed E-state index contributed by atoms with van der Waals surface area (Å²) in [4.78, 5) is 11.5. The number of aliphatic hydroxyl groups excluding tert-OH is 3. The molecule has 5 heteroatoms. The van der Waals surface area contributed by atoms with Gasteiger partial charge in [0.25, 0.3) is 0 Å². The number of aliphatic carboxylic acids is 1. The van der Waals surface area contributed by atoms with Crippen molar-refractivity contribution in [1.29, 1.82) is 0 Å². The molecule has 0 saturated heterocycles. The molecule has 0 aliphatic heterocycles. The summed E-state index contributed by atoms with van der Waals surface area (Å²) in [5, 5.41) is 38.3. The van der Waals surface area contributed by atoms with Crippen LogP contribution in [0, 0.1) is 22.7 Å². The number of carboxylic acid groups (broad SMARTS) is 1. The van der Waals surface area contributed by atoms with Gasteiger partial charge in [-0.25, -0.2) is 4.79 Å². The average Bonchev–Trinajstić information content (AvgIpc) is 2.68.